The predicted octanol–water partition coefficient (Wildman–Crippen LogP) is 5.85. The molecular formula is C29H45N3O5. The molecule has 1 aromatic carbocycles. The number of esters is 1. The molecule has 2 N–H and O–H groups in total. The van der Waals surface area contributed by atoms with E-state index in [1.807, 2.05) is 30.3 Å². The third-order valence-corrected chi connectivity index (χ3v) is 7.24. The summed E-state index contributed by atoms with van der Waals surface area (Å²) < 4.78 is 17.1. The molecule has 8 heteroatoms. The Morgan fingerprint density at radius 3 is 2.41 bits per heavy atom. The number of guanidine groups is 1. The van der Waals surface area contributed by atoms with E-state index >= 15 is 0 Å². The van der Waals surface area contributed by atoms with Crippen LogP contribution in [-0.2, 0) is 25.6 Å². The molecule has 37 heavy (non-hydrogen) atoms. The van der Waals surface area contributed by atoms with E-state index in [1.54, 1.807) is 0 Å². The first-order valence-corrected chi connectivity index (χ1v) is 14.1. The maximum Gasteiger partial charge on any atom is 0.414 e. The molecule has 3 atom stereocenters. The average Bonchev–Trinajstić information content (AvgIpc) is 3.34. The number of nitrogens with zero attached hydrogens (tertiary/aromatic N) is 1. The van der Waals surface area contributed by atoms with Gasteiger partial charge >= 0.3 is 12.1 Å². The fraction of sp³-hybridized carbons (Fsp3) is 0.690. The maximum atomic E-state index is 12.6. The van der Waals surface area contributed by atoms with E-state index in [0.717, 1.165) is 37.7 Å². The Hall–Kier alpha value is -2.61. The van der Waals surface area contributed by atoms with Crippen molar-refractivity contribution in [3.8, 4) is 0 Å². The van der Waals surface area contributed by atoms with Gasteiger partial charge in [-0.15, -0.1) is 0 Å². The summed E-state index contributed by atoms with van der Waals surface area (Å²) in [5.74, 6) is -0.0776. The van der Waals surface area contributed by atoms with Crippen LogP contribution in [-0.4, -0.2) is 43.0 Å². The summed E-state index contributed by atoms with van der Waals surface area (Å²) in [5, 5.41) is 6.10. The van der Waals surface area contributed by atoms with Gasteiger partial charge in [0.1, 0.15) is 18.9 Å². The zero-order valence-electron chi connectivity index (χ0n) is 22.6. The van der Waals surface area contributed by atoms with Gasteiger partial charge in [-0.25, -0.2) is 9.79 Å². The van der Waals surface area contributed by atoms with Gasteiger partial charge < -0.3 is 19.5 Å². The van der Waals surface area contributed by atoms with Crippen molar-refractivity contribution >= 4 is 18.0 Å². The minimum atomic E-state index is -0.719. The van der Waals surface area contributed by atoms with Gasteiger partial charge in [0.15, 0.2) is 0 Å². The Morgan fingerprint density at radius 1 is 1.05 bits per heavy atom. The highest BCUT2D eigenvalue weighted by molar-refractivity contribution is 5.94. The van der Waals surface area contributed by atoms with Gasteiger partial charge in [0.05, 0.1) is 12.0 Å². The van der Waals surface area contributed by atoms with Gasteiger partial charge in [-0.3, -0.25) is 10.1 Å². The second-order valence-corrected chi connectivity index (χ2v) is 10.2. The number of unbranched alkanes of at least 4 members (excludes halogenated alkanes) is 8. The summed E-state index contributed by atoms with van der Waals surface area (Å²) in [7, 11) is 0. The lowest BCUT2D eigenvalue weighted by Gasteiger charge is -2.44. The van der Waals surface area contributed by atoms with Crippen molar-refractivity contribution < 1.29 is 23.8 Å². The highest BCUT2D eigenvalue weighted by Gasteiger charge is 2.50. The molecule has 1 amide bonds. The third kappa shape index (κ3) is 9.65. The predicted molar refractivity (Wildman–Crippen MR) is 144 cm³/mol. The highest BCUT2D eigenvalue weighted by atomic mass is 16.6. The zero-order valence-corrected chi connectivity index (χ0v) is 22.6. The van der Waals surface area contributed by atoms with Crippen LogP contribution in [0.3, 0.4) is 0 Å². The van der Waals surface area contributed by atoms with Crippen LogP contribution in [0.1, 0.15) is 96.5 Å². The Kier molecular flexibility index (Phi) is 12.2. The van der Waals surface area contributed by atoms with Crippen LogP contribution in [0.25, 0.3) is 0 Å². The van der Waals surface area contributed by atoms with Crippen LogP contribution in [0, 0.1) is 5.92 Å². The topological polar surface area (TPSA) is 98.2 Å². The molecule has 0 bridgehead atoms. The largest absolute Gasteiger partial charge is 0.465 e. The van der Waals surface area contributed by atoms with Crippen LogP contribution in [0.5, 0.6) is 0 Å². The van der Waals surface area contributed by atoms with Crippen molar-refractivity contribution in [3.05, 3.63) is 35.9 Å². The number of carbonyl (C=O) groups is 2. The number of hydrogen-bond acceptors (Lipinski definition) is 7. The molecule has 2 aliphatic heterocycles. The van der Waals surface area contributed by atoms with Gasteiger partial charge in [0, 0.05) is 13.5 Å². The summed E-state index contributed by atoms with van der Waals surface area (Å²) >= 11 is 0. The van der Waals surface area contributed by atoms with E-state index in [2.05, 4.69) is 17.6 Å². The quantitative estimate of drug-likeness (QED) is 0.238. The van der Waals surface area contributed by atoms with Crippen molar-refractivity contribution in [1.82, 2.24) is 10.6 Å². The molecule has 0 aliphatic carbocycles. The van der Waals surface area contributed by atoms with Crippen LogP contribution in [0.4, 0.5) is 4.79 Å². The van der Waals surface area contributed by atoms with Crippen LogP contribution in [0.15, 0.2) is 35.3 Å². The summed E-state index contributed by atoms with van der Waals surface area (Å²) in [6, 6.07) is 9.42. The summed E-state index contributed by atoms with van der Waals surface area (Å²) in [6.45, 7) is 4.69. The van der Waals surface area contributed by atoms with Crippen LogP contribution >= 0.6 is 0 Å². The number of nitrogens with one attached hydrogen (secondary N) is 2. The Labute approximate surface area is 221 Å². The molecular weight excluding hydrogens is 470 g/mol. The van der Waals surface area contributed by atoms with E-state index in [9.17, 15) is 9.59 Å². The van der Waals surface area contributed by atoms with E-state index in [4.69, 9.17) is 19.2 Å². The van der Waals surface area contributed by atoms with Crippen molar-refractivity contribution in [2.45, 2.75) is 109 Å². The van der Waals surface area contributed by atoms with Gasteiger partial charge in [-0.2, -0.15) is 0 Å². The summed E-state index contributed by atoms with van der Waals surface area (Å²) in [5.41, 5.74) is 0.194. The fourth-order valence-corrected chi connectivity index (χ4v) is 5.25. The molecule has 1 saturated heterocycles. The van der Waals surface area contributed by atoms with Gasteiger partial charge in [0.2, 0.25) is 5.96 Å². The van der Waals surface area contributed by atoms with Gasteiger partial charge in [-0.1, -0.05) is 95.0 Å². The molecule has 1 fully saturated rings. The molecule has 0 unspecified atom stereocenters. The number of hydrogen-bond donors (Lipinski definition) is 2. The second kappa shape index (κ2) is 15.6. The first-order valence-electron chi connectivity index (χ1n) is 14.1. The number of ether oxygens (including phenoxy) is 3. The minimum Gasteiger partial charge on any atom is -0.465 e. The van der Waals surface area contributed by atoms with Crippen LogP contribution < -0.4 is 10.6 Å². The first-order chi connectivity index (χ1) is 18.0. The van der Waals surface area contributed by atoms with Gasteiger partial charge in [-0.05, 0) is 24.8 Å². The SMILES string of the molecule is CCCCCCCCCCC[C@@H]1N=C(NC(=O)OCc2ccccc2)N[C@]2(CCCO2)[C@@H]1COC(C)=O. The van der Waals surface area contributed by atoms with Crippen molar-refractivity contribution in [2.75, 3.05) is 13.2 Å². The van der Waals surface area contributed by atoms with E-state index in [0.29, 0.717) is 12.6 Å². The molecule has 1 aromatic rings. The molecule has 2 heterocycles. The number of rotatable bonds is 14. The van der Waals surface area contributed by atoms with E-state index in [-0.39, 0.29) is 31.1 Å². The third-order valence-electron chi connectivity index (χ3n) is 7.24. The number of alkyl carbamates (subject to hydrolysis) is 1. The van der Waals surface area contributed by atoms with E-state index in [1.165, 1.54) is 51.9 Å². The fourth-order valence-electron chi connectivity index (χ4n) is 5.25. The molecule has 0 saturated carbocycles. The monoisotopic (exact) mass is 515 g/mol. The van der Waals surface area contributed by atoms with Crippen LogP contribution in [0.2, 0.25) is 0 Å². The number of aliphatic imine (C=N–C) groups is 1. The molecule has 0 aromatic heterocycles. The lowest BCUT2D eigenvalue weighted by molar-refractivity contribution is -0.149. The molecule has 1 spiro atoms. The average molecular weight is 516 g/mol. The molecule has 2 aliphatic rings. The summed E-state index contributed by atoms with van der Waals surface area (Å²) in [6.07, 6.45) is 13.2. The smallest absolute Gasteiger partial charge is 0.414 e. The minimum absolute atomic E-state index is 0.126. The van der Waals surface area contributed by atoms with Crippen molar-refractivity contribution in [3.63, 3.8) is 0 Å². The molecule has 206 valence electrons. The van der Waals surface area contributed by atoms with Crippen molar-refractivity contribution in [1.29, 1.82) is 0 Å². The Morgan fingerprint density at radius 2 is 1.76 bits per heavy atom. The number of amides is 1. The maximum absolute atomic E-state index is 12.6. The van der Waals surface area contributed by atoms with Gasteiger partial charge in [0.25, 0.3) is 0 Å². The molecule has 8 nitrogen and oxygen atoms in total. The lowest BCUT2D eigenvalue weighted by atomic mass is 9.83. The zero-order chi connectivity index (χ0) is 26.3. The Bertz CT molecular complexity index is 854. The van der Waals surface area contributed by atoms with Crippen molar-refractivity contribution in [2.24, 2.45) is 10.9 Å². The lowest BCUT2D eigenvalue weighted by Crippen LogP contribution is -2.64. The number of benzene rings is 1. The first kappa shape index (κ1) is 29.0. The normalized spacial score (nSPS) is 22.8. The van der Waals surface area contributed by atoms with E-state index < -0.39 is 11.8 Å². The highest BCUT2D eigenvalue weighted by Crippen LogP contribution is 2.38. The number of carbonyl (C=O) groups excluding carboxylic acids is 2. The molecule has 3 rings (SSSR count). The standard InChI is InChI=1S/C29H45N3O5/c1-3-4-5-6-7-8-9-10-14-18-26-25(22-35-23(2)33)29(19-15-20-37-29)32-27(30-26)31-28(34)36-21-24-16-12-11-13-17-24/h11-13,16-17,25-26H,3-10,14-15,18-22H2,1-2H3,(H2,30,31,32,34)/t25-,26+,29+/m1/s1. The molecule has 0 radical (unpaired) electrons. The Balaban J connectivity index is 1.59. The summed E-state index contributed by atoms with van der Waals surface area (Å²) in [4.78, 5) is 29.0. The second-order valence-electron chi connectivity index (χ2n) is 10.2.